The Bertz CT molecular complexity index is 1250. The van der Waals surface area contributed by atoms with Crippen molar-refractivity contribution in [3.05, 3.63) is 61.3 Å². The molecule has 3 heterocycles. The number of carbonyl (C=O) groups is 1. The fourth-order valence-corrected chi connectivity index (χ4v) is 4.88. The topological polar surface area (TPSA) is 62.5 Å². The first-order chi connectivity index (χ1) is 13.9. The third-order valence-electron chi connectivity index (χ3n) is 5.57. The van der Waals surface area contributed by atoms with E-state index in [4.69, 9.17) is 0 Å². The molecule has 0 unspecified atom stereocenters. The highest BCUT2D eigenvalue weighted by Gasteiger charge is 2.34. The number of hydrogen-bond acceptors (Lipinski definition) is 4. The van der Waals surface area contributed by atoms with Gasteiger partial charge in [-0.05, 0) is 36.3 Å². The maximum absolute atomic E-state index is 15.6. The number of rotatable bonds is 3. The van der Waals surface area contributed by atoms with Crippen molar-refractivity contribution in [2.75, 3.05) is 11.4 Å². The third-order valence-corrected chi connectivity index (χ3v) is 6.59. The van der Waals surface area contributed by atoms with Crippen LogP contribution in [0.5, 0.6) is 0 Å². The van der Waals surface area contributed by atoms with Crippen LogP contribution in [0.1, 0.15) is 39.7 Å². The van der Waals surface area contributed by atoms with Gasteiger partial charge in [0.2, 0.25) is 5.43 Å². The molecule has 1 N–H and O–H groups in total. The second kappa shape index (κ2) is 6.35. The zero-order valence-corrected chi connectivity index (χ0v) is 15.9. The van der Waals surface area contributed by atoms with Gasteiger partial charge in [-0.15, -0.1) is 11.3 Å². The van der Waals surface area contributed by atoms with E-state index >= 15 is 8.78 Å². The molecule has 9 heteroatoms. The number of anilines is 1. The quantitative estimate of drug-likeness (QED) is 0.649. The van der Waals surface area contributed by atoms with Crippen molar-refractivity contribution >= 4 is 33.9 Å². The number of halogens is 3. The van der Waals surface area contributed by atoms with Crippen LogP contribution in [0.2, 0.25) is 0 Å². The lowest BCUT2D eigenvalue weighted by Gasteiger charge is -2.30. The molecule has 1 aliphatic heterocycles. The minimum absolute atomic E-state index is 0.235. The number of benzene rings is 1. The summed E-state index contributed by atoms with van der Waals surface area (Å²) in [6.45, 7) is 0.547. The summed E-state index contributed by atoms with van der Waals surface area (Å²) in [5, 5.41) is 10.3. The van der Waals surface area contributed by atoms with Gasteiger partial charge in [-0.25, -0.2) is 18.0 Å². The van der Waals surface area contributed by atoms with Gasteiger partial charge in [0.25, 0.3) is 0 Å². The number of aromatic nitrogens is 1. The molecule has 3 aromatic rings. The van der Waals surface area contributed by atoms with E-state index in [0.29, 0.717) is 25.8 Å². The lowest BCUT2D eigenvalue weighted by Crippen LogP contribution is -2.32. The maximum atomic E-state index is 15.6. The molecule has 29 heavy (non-hydrogen) atoms. The molecular weight excluding hydrogens is 405 g/mol. The fraction of sp³-hybridized carbons (Fsp3) is 0.300. The minimum Gasteiger partial charge on any atom is -0.477 e. The number of hydrogen-bond donors (Lipinski definition) is 1. The first kappa shape index (κ1) is 18.2. The van der Waals surface area contributed by atoms with E-state index in [1.54, 1.807) is 11.3 Å². The molecule has 0 atom stereocenters. The van der Waals surface area contributed by atoms with Crippen LogP contribution in [0.15, 0.2) is 22.4 Å². The van der Waals surface area contributed by atoms with E-state index in [1.165, 1.54) is 9.47 Å². The van der Waals surface area contributed by atoms with Crippen molar-refractivity contribution in [1.29, 1.82) is 0 Å². The summed E-state index contributed by atoms with van der Waals surface area (Å²) < 4.78 is 46.9. The predicted molar refractivity (Wildman–Crippen MR) is 102 cm³/mol. The average Bonchev–Trinajstić information content (AvgIpc) is 3.42. The van der Waals surface area contributed by atoms with E-state index in [0.717, 1.165) is 16.6 Å². The zero-order chi connectivity index (χ0) is 20.4. The van der Waals surface area contributed by atoms with Gasteiger partial charge in [0, 0.05) is 30.2 Å². The number of pyridine rings is 1. The predicted octanol–water partition coefficient (Wildman–Crippen LogP) is 4.08. The highest BCUT2D eigenvalue weighted by molar-refractivity contribution is 7.10. The van der Waals surface area contributed by atoms with Crippen molar-refractivity contribution < 1.29 is 23.1 Å². The summed E-state index contributed by atoms with van der Waals surface area (Å²) in [5.74, 6) is -5.55. The molecule has 1 aliphatic carbocycles. The van der Waals surface area contributed by atoms with Crippen molar-refractivity contribution in [2.24, 2.45) is 0 Å². The third kappa shape index (κ3) is 2.67. The molecule has 0 amide bonds. The maximum Gasteiger partial charge on any atom is 0.341 e. The SMILES string of the molecule is O=C(O)c1cn(C2CC2)c2c(F)c(N3CCc4sccc4C3)c(F)c(F)c2c1=O. The molecule has 1 fully saturated rings. The summed E-state index contributed by atoms with van der Waals surface area (Å²) in [4.78, 5) is 26.5. The van der Waals surface area contributed by atoms with Gasteiger partial charge in [0.05, 0.1) is 10.9 Å². The van der Waals surface area contributed by atoms with Crippen molar-refractivity contribution in [2.45, 2.75) is 31.8 Å². The van der Waals surface area contributed by atoms with Gasteiger partial charge >= 0.3 is 5.97 Å². The summed E-state index contributed by atoms with van der Waals surface area (Å²) in [5.41, 5.74) is -1.86. The second-order valence-electron chi connectivity index (χ2n) is 7.37. The summed E-state index contributed by atoms with van der Waals surface area (Å²) in [6.07, 6.45) is 2.92. The van der Waals surface area contributed by atoms with Crippen molar-refractivity contribution in [1.82, 2.24) is 4.57 Å². The summed E-state index contributed by atoms with van der Waals surface area (Å²) >= 11 is 1.57. The molecule has 2 aliphatic rings. The van der Waals surface area contributed by atoms with Crippen LogP contribution >= 0.6 is 11.3 Å². The average molecular weight is 420 g/mol. The van der Waals surface area contributed by atoms with Crippen LogP contribution in [-0.4, -0.2) is 22.2 Å². The van der Waals surface area contributed by atoms with Crippen LogP contribution in [-0.2, 0) is 13.0 Å². The van der Waals surface area contributed by atoms with E-state index in [-0.39, 0.29) is 18.1 Å². The Kier molecular flexibility index (Phi) is 3.99. The first-order valence-electron chi connectivity index (χ1n) is 9.17. The first-order valence-corrected chi connectivity index (χ1v) is 10.0. The molecule has 5 nitrogen and oxygen atoms in total. The molecule has 0 spiro atoms. The van der Waals surface area contributed by atoms with Crippen LogP contribution in [0.4, 0.5) is 18.9 Å². The van der Waals surface area contributed by atoms with Crippen molar-refractivity contribution in [3.8, 4) is 0 Å². The van der Waals surface area contributed by atoms with E-state index in [2.05, 4.69) is 0 Å². The molecule has 150 valence electrons. The summed E-state index contributed by atoms with van der Waals surface area (Å²) in [7, 11) is 0. The molecular formula is C20H15F3N2O3S. The number of carboxylic acid groups (broad SMARTS) is 1. The Morgan fingerprint density at radius 1 is 1.17 bits per heavy atom. The van der Waals surface area contributed by atoms with Gasteiger partial charge in [0.15, 0.2) is 17.5 Å². The lowest BCUT2D eigenvalue weighted by molar-refractivity contribution is 0.0694. The van der Waals surface area contributed by atoms with Crippen LogP contribution in [0, 0.1) is 17.5 Å². The Balaban J connectivity index is 1.80. The van der Waals surface area contributed by atoms with Gasteiger partial charge in [0.1, 0.15) is 11.3 Å². The number of aromatic carboxylic acids is 1. The van der Waals surface area contributed by atoms with Gasteiger partial charge in [-0.3, -0.25) is 4.79 Å². The Morgan fingerprint density at radius 3 is 2.62 bits per heavy atom. The number of fused-ring (bicyclic) bond motifs is 2. The second-order valence-corrected chi connectivity index (χ2v) is 8.37. The Labute approximate surface area is 166 Å². The van der Waals surface area contributed by atoms with E-state index in [9.17, 15) is 19.1 Å². The molecule has 0 saturated heterocycles. The lowest BCUT2D eigenvalue weighted by atomic mass is 10.0. The Morgan fingerprint density at radius 2 is 1.93 bits per heavy atom. The fourth-order valence-electron chi connectivity index (χ4n) is 3.99. The van der Waals surface area contributed by atoms with Crippen molar-refractivity contribution in [3.63, 3.8) is 0 Å². The molecule has 1 saturated carbocycles. The Hall–Kier alpha value is -2.81. The molecule has 1 aromatic carbocycles. The number of thiophene rings is 1. The van der Waals surface area contributed by atoms with E-state index < -0.39 is 45.5 Å². The van der Waals surface area contributed by atoms with Crippen LogP contribution in [0.25, 0.3) is 10.9 Å². The van der Waals surface area contributed by atoms with Gasteiger partial charge in [-0.2, -0.15) is 0 Å². The normalized spacial score (nSPS) is 16.3. The largest absolute Gasteiger partial charge is 0.477 e. The summed E-state index contributed by atoms with van der Waals surface area (Å²) in [6, 6.07) is 1.63. The molecule has 0 radical (unpaired) electrons. The number of carboxylic acids is 1. The van der Waals surface area contributed by atoms with Crippen LogP contribution < -0.4 is 10.3 Å². The van der Waals surface area contributed by atoms with Gasteiger partial charge < -0.3 is 14.6 Å². The van der Waals surface area contributed by atoms with Gasteiger partial charge in [-0.1, -0.05) is 0 Å². The smallest absolute Gasteiger partial charge is 0.341 e. The minimum atomic E-state index is -1.56. The molecule has 5 rings (SSSR count). The zero-order valence-electron chi connectivity index (χ0n) is 15.0. The molecule has 2 aromatic heterocycles. The number of nitrogens with zero attached hydrogens (tertiary/aromatic N) is 2. The van der Waals surface area contributed by atoms with E-state index in [1.807, 2.05) is 11.4 Å². The standard InChI is InChI=1S/C20H15F3N2O3S/c21-14-13-17(25(10-1-2-10)8-11(19(13)26)20(27)28)16(23)18(15(14)22)24-5-3-12-9(7-24)4-6-29-12/h4,6,8,10H,1-3,5,7H2,(H,27,28). The monoisotopic (exact) mass is 420 g/mol. The highest BCUT2D eigenvalue weighted by atomic mass is 32.1. The highest BCUT2D eigenvalue weighted by Crippen LogP contribution is 2.41. The molecule has 0 bridgehead atoms. The van der Waals surface area contributed by atoms with Crippen LogP contribution in [0.3, 0.4) is 0 Å².